The van der Waals surface area contributed by atoms with Crippen LogP contribution in [-0.4, -0.2) is 34.8 Å². The zero-order chi connectivity index (χ0) is 17.4. The van der Waals surface area contributed by atoms with Gasteiger partial charge in [0.15, 0.2) is 0 Å². The van der Waals surface area contributed by atoms with Gasteiger partial charge in [0, 0.05) is 18.0 Å². The maximum Gasteiger partial charge on any atom is 0.261 e. The smallest absolute Gasteiger partial charge is 0.261 e. The van der Waals surface area contributed by atoms with Crippen molar-refractivity contribution in [1.82, 2.24) is 20.4 Å². The van der Waals surface area contributed by atoms with Crippen LogP contribution in [0.4, 0.5) is 0 Å². The molecule has 1 unspecified atom stereocenters. The van der Waals surface area contributed by atoms with Gasteiger partial charge >= 0.3 is 0 Å². The van der Waals surface area contributed by atoms with E-state index >= 15 is 0 Å². The Bertz CT molecular complexity index is 926. The Hall–Kier alpha value is -1.89. The summed E-state index contributed by atoms with van der Waals surface area (Å²) in [7, 11) is 0. The first-order valence-corrected chi connectivity index (χ1v) is 9.58. The number of hydrogen-bond donors (Lipinski definition) is 2. The van der Waals surface area contributed by atoms with Crippen molar-refractivity contribution in [3.8, 4) is 5.69 Å². The summed E-state index contributed by atoms with van der Waals surface area (Å²) >= 11 is 7.78. The number of benzene rings is 1. The summed E-state index contributed by atoms with van der Waals surface area (Å²) < 4.78 is 1.83. The molecule has 2 N–H and O–H groups in total. The topological polar surface area (TPSA) is 59.0 Å². The molecule has 1 saturated heterocycles. The fourth-order valence-electron chi connectivity index (χ4n) is 3.18. The highest BCUT2D eigenvalue weighted by molar-refractivity contribution is 7.20. The predicted octanol–water partition coefficient (Wildman–Crippen LogP) is 3.53. The molecule has 25 heavy (non-hydrogen) atoms. The number of thiophene rings is 1. The van der Waals surface area contributed by atoms with E-state index < -0.39 is 0 Å². The molecule has 5 nitrogen and oxygen atoms in total. The van der Waals surface area contributed by atoms with Crippen LogP contribution in [0.5, 0.6) is 0 Å². The Morgan fingerprint density at radius 3 is 3.04 bits per heavy atom. The number of rotatable bonds is 3. The Balaban J connectivity index is 1.67. The highest BCUT2D eigenvalue weighted by atomic mass is 35.5. The molecule has 4 rings (SSSR count). The minimum atomic E-state index is -0.0139. The van der Waals surface area contributed by atoms with Gasteiger partial charge in [-0.05, 0) is 44.5 Å². The van der Waals surface area contributed by atoms with Gasteiger partial charge in [-0.1, -0.05) is 23.7 Å². The molecule has 1 amide bonds. The van der Waals surface area contributed by atoms with Gasteiger partial charge in [-0.2, -0.15) is 5.10 Å². The molecular weight excluding hydrogens is 356 g/mol. The van der Waals surface area contributed by atoms with Gasteiger partial charge in [0.1, 0.15) is 4.83 Å². The summed E-state index contributed by atoms with van der Waals surface area (Å²) in [6.07, 6.45) is 2.12. The molecule has 1 aliphatic heterocycles. The van der Waals surface area contributed by atoms with Crippen LogP contribution in [0.15, 0.2) is 30.3 Å². The highest BCUT2D eigenvalue weighted by Crippen LogP contribution is 2.32. The lowest BCUT2D eigenvalue weighted by Crippen LogP contribution is -2.45. The molecule has 3 aromatic rings. The number of nitrogens with zero attached hydrogens (tertiary/aromatic N) is 2. The van der Waals surface area contributed by atoms with Crippen molar-refractivity contribution in [2.45, 2.75) is 25.8 Å². The lowest BCUT2D eigenvalue weighted by Gasteiger charge is -2.23. The van der Waals surface area contributed by atoms with E-state index in [-0.39, 0.29) is 11.9 Å². The zero-order valence-electron chi connectivity index (χ0n) is 13.9. The van der Waals surface area contributed by atoms with Crippen molar-refractivity contribution in [2.24, 2.45) is 0 Å². The first-order chi connectivity index (χ1) is 12.1. The standard InChI is InChI=1S/C18H19ClN4OS/c1-11-13-9-16(17(24)21-12-5-4-8-20-10-12)25-18(13)23(22-11)15-7-3-2-6-14(15)19/h2-3,6-7,9,12,20H,4-5,8,10H2,1H3,(H,21,24). The second-order valence-electron chi connectivity index (χ2n) is 6.29. The number of fused-ring (bicyclic) bond motifs is 1. The van der Waals surface area contributed by atoms with E-state index in [4.69, 9.17) is 11.6 Å². The molecule has 1 aromatic carbocycles. The van der Waals surface area contributed by atoms with E-state index in [1.807, 2.05) is 41.9 Å². The monoisotopic (exact) mass is 374 g/mol. The molecule has 7 heteroatoms. The molecule has 0 saturated carbocycles. The molecule has 0 radical (unpaired) electrons. The average Bonchev–Trinajstić information content (AvgIpc) is 3.17. The number of halogens is 1. The van der Waals surface area contributed by atoms with Crippen molar-refractivity contribution >= 4 is 39.1 Å². The van der Waals surface area contributed by atoms with E-state index in [1.165, 1.54) is 11.3 Å². The van der Waals surface area contributed by atoms with Crippen LogP contribution < -0.4 is 10.6 Å². The summed E-state index contributed by atoms with van der Waals surface area (Å²) in [6, 6.07) is 9.74. The lowest BCUT2D eigenvalue weighted by molar-refractivity contribution is 0.0935. The van der Waals surface area contributed by atoms with Crippen LogP contribution in [0.1, 0.15) is 28.2 Å². The second-order valence-corrected chi connectivity index (χ2v) is 7.73. The maximum atomic E-state index is 12.6. The summed E-state index contributed by atoms with van der Waals surface area (Å²) in [5.74, 6) is -0.0139. The van der Waals surface area contributed by atoms with Crippen LogP contribution in [0.25, 0.3) is 15.9 Å². The van der Waals surface area contributed by atoms with Gasteiger partial charge in [-0.3, -0.25) is 4.79 Å². The third-order valence-corrected chi connectivity index (χ3v) is 5.91. The number of aromatic nitrogens is 2. The molecule has 0 bridgehead atoms. The summed E-state index contributed by atoms with van der Waals surface area (Å²) in [5.41, 5.74) is 1.72. The minimum absolute atomic E-state index is 0.0139. The van der Waals surface area contributed by atoms with Gasteiger partial charge in [0.25, 0.3) is 5.91 Å². The highest BCUT2D eigenvalue weighted by Gasteiger charge is 2.21. The molecule has 1 atom stereocenters. The van der Waals surface area contributed by atoms with E-state index in [0.29, 0.717) is 9.90 Å². The Morgan fingerprint density at radius 2 is 2.28 bits per heavy atom. The number of nitrogens with one attached hydrogen (secondary N) is 2. The maximum absolute atomic E-state index is 12.6. The van der Waals surface area contributed by atoms with Gasteiger partial charge in [-0.25, -0.2) is 4.68 Å². The molecule has 0 spiro atoms. The molecule has 0 aliphatic carbocycles. The van der Waals surface area contributed by atoms with Gasteiger partial charge in [0.05, 0.1) is 21.3 Å². The van der Waals surface area contributed by atoms with Gasteiger partial charge in [-0.15, -0.1) is 11.3 Å². The van der Waals surface area contributed by atoms with Crippen molar-refractivity contribution in [2.75, 3.05) is 13.1 Å². The lowest BCUT2D eigenvalue weighted by atomic mass is 10.1. The summed E-state index contributed by atoms with van der Waals surface area (Å²) in [5, 5.41) is 12.7. The van der Waals surface area contributed by atoms with E-state index in [1.54, 1.807) is 0 Å². The van der Waals surface area contributed by atoms with Gasteiger partial charge < -0.3 is 10.6 Å². The van der Waals surface area contributed by atoms with Crippen molar-refractivity contribution in [1.29, 1.82) is 0 Å². The van der Waals surface area contributed by atoms with Crippen LogP contribution >= 0.6 is 22.9 Å². The van der Waals surface area contributed by atoms with Gasteiger partial charge in [0.2, 0.25) is 0 Å². The number of amides is 1. The number of hydrogen-bond acceptors (Lipinski definition) is 4. The van der Waals surface area contributed by atoms with Crippen molar-refractivity contribution in [3.63, 3.8) is 0 Å². The first kappa shape index (κ1) is 16.6. The Labute approximate surface area is 155 Å². The third kappa shape index (κ3) is 3.17. The van der Waals surface area contributed by atoms with Crippen molar-refractivity contribution in [3.05, 3.63) is 45.9 Å². The SMILES string of the molecule is Cc1nn(-c2ccccc2Cl)c2sc(C(=O)NC3CCCNC3)cc12. The molecule has 2 aromatic heterocycles. The van der Waals surface area contributed by atoms with Crippen molar-refractivity contribution < 1.29 is 4.79 Å². The fraction of sp³-hybridized carbons (Fsp3) is 0.333. The van der Waals surface area contributed by atoms with Crippen LogP contribution in [-0.2, 0) is 0 Å². The van der Waals surface area contributed by atoms with Crippen LogP contribution in [0, 0.1) is 6.92 Å². The first-order valence-electron chi connectivity index (χ1n) is 8.39. The third-order valence-electron chi connectivity index (χ3n) is 4.48. The number of piperidine rings is 1. The number of aryl methyl sites for hydroxylation is 1. The van der Waals surface area contributed by atoms with E-state index in [2.05, 4.69) is 15.7 Å². The molecule has 130 valence electrons. The van der Waals surface area contributed by atoms with E-state index in [0.717, 1.165) is 47.5 Å². The Morgan fingerprint density at radius 1 is 1.44 bits per heavy atom. The molecule has 3 heterocycles. The average molecular weight is 375 g/mol. The van der Waals surface area contributed by atoms with E-state index in [9.17, 15) is 4.79 Å². The Kier molecular flexibility index (Phi) is 4.50. The zero-order valence-corrected chi connectivity index (χ0v) is 15.5. The molecule has 1 aliphatic rings. The number of carbonyl (C=O) groups is 1. The summed E-state index contributed by atoms with van der Waals surface area (Å²) in [4.78, 5) is 14.3. The number of para-hydroxylation sites is 1. The summed E-state index contributed by atoms with van der Waals surface area (Å²) in [6.45, 7) is 3.82. The fourth-order valence-corrected chi connectivity index (χ4v) is 4.47. The predicted molar refractivity (Wildman–Crippen MR) is 102 cm³/mol. The van der Waals surface area contributed by atoms with Crippen LogP contribution in [0.2, 0.25) is 5.02 Å². The number of carbonyl (C=O) groups excluding carboxylic acids is 1. The normalized spacial score (nSPS) is 17.8. The van der Waals surface area contributed by atoms with Crippen LogP contribution in [0.3, 0.4) is 0 Å². The molecular formula is C18H19ClN4OS. The minimum Gasteiger partial charge on any atom is -0.347 e. The second kappa shape index (κ2) is 6.78. The quantitative estimate of drug-likeness (QED) is 0.737. The largest absolute Gasteiger partial charge is 0.347 e. The molecule has 1 fully saturated rings.